The summed E-state index contributed by atoms with van der Waals surface area (Å²) in [6, 6.07) is 5.76. The third-order valence-corrected chi connectivity index (χ3v) is 4.98. The summed E-state index contributed by atoms with van der Waals surface area (Å²) in [5, 5.41) is 7.20. The summed E-state index contributed by atoms with van der Waals surface area (Å²) < 4.78 is 5.37. The van der Waals surface area contributed by atoms with E-state index < -0.39 is 0 Å². The van der Waals surface area contributed by atoms with Crippen LogP contribution in [0.25, 0.3) is 11.3 Å². The maximum absolute atomic E-state index is 12.4. The second kappa shape index (κ2) is 8.14. The molecule has 2 aromatic rings. The molecule has 0 aromatic carbocycles. The highest BCUT2D eigenvalue weighted by atomic mass is 16.5. The molecular weight excluding hydrogens is 316 g/mol. The molecule has 1 atom stereocenters. The molecule has 25 heavy (non-hydrogen) atoms. The van der Waals surface area contributed by atoms with Crippen molar-refractivity contribution in [2.75, 3.05) is 7.05 Å². The first-order valence-corrected chi connectivity index (χ1v) is 9.01. The number of nitrogens with zero attached hydrogens (tertiary/aromatic N) is 3. The van der Waals surface area contributed by atoms with Gasteiger partial charge in [-0.2, -0.15) is 0 Å². The van der Waals surface area contributed by atoms with Crippen molar-refractivity contribution in [3.63, 3.8) is 0 Å². The third kappa shape index (κ3) is 4.59. The molecule has 0 aliphatic heterocycles. The van der Waals surface area contributed by atoms with Crippen LogP contribution in [0.3, 0.4) is 0 Å². The van der Waals surface area contributed by atoms with E-state index in [9.17, 15) is 4.79 Å². The average molecular weight is 342 g/mol. The van der Waals surface area contributed by atoms with Gasteiger partial charge in [0.15, 0.2) is 5.76 Å². The minimum atomic E-state index is -0.0695. The third-order valence-electron chi connectivity index (χ3n) is 4.98. The molecule has 2 amide bonds. The summed E-state index contributed by atoms with van der Waals surface area (Å²) in [5.41, 5.74) is 1.70. The van der Waals surface area contributed by atoms with Gasteiger partial charge in [-0.3, -0.25) is 4.98 Å². The molecule has 0 radical (unpaired) electrons. The molecule has 1 fully saturated rings. The number of carbonyl (C=O) groups excluding carboxylic acids is 1. The van der Waals surface area contributed by atoms with Gasteiger partial charge in [0, 0.05) is 37.1 Å². The molecule has 0 spiro atoms. The second-order valence-corrected chi connectivity index (χ2v) is 6.91. The lowest BCUT2D eigenvalue weighted by Gasteiger charge is -2.29. The Hall–Kier alpha value is -2.37. The van der Waals surface area contributed by atoms with E-state index in [0.717, 1.165) is 11.3 Å². The predicted octanol–water partition coefficient (Wildman–Crippen LogP) is 3.85. The van der Waals surface area contributed by atoms with Gasteiger partial charge in [0.05, 0.1) is 6.54 Å². The fraction of sp³-hybridized carbons (Fsp3) is 0.526. The number of aromatic nitrogens is 2. The number of nitrogens with one attached hydrogen (secondary N) is 1. The summed E-state index contributed by atoms with van der Waals surface area (Å²) in [4.78, 5) is 18.1. The zero-order valence-electron chi connectivity index (χ0n) is 14.9. The molecule has 0 bridgehead atoms. The van der Waals surface area contributed by atoms with E-state index in [4.69, 9.17) is 4.52 Å². The van der Waals surface area contributed by atoms with E-state index in [0.29, 0.717) is 18.2 Å². The topological polar surface area (TPSA) is 71.3 Å². The minimum Gasteiger partial charge on any atom is -0.359 e. The van der Waals surface area contributed by atoms with Crippen molar-refractivity contribution in [3.05, 3.63) is 36.4 Å². The van der Waals surface area contributed by atoms with Gasteiger partial charge < -0.3 is 14.7 Å². The normalized spacial score (nSPS) is 16.4. The quantitative estimate of drug-likeness (QED) is 0.896. The molecule has 1 aliphatic carbocycles. The molecule has 3 rings (SSSR count). The Morgan fingerprint density at radius 2 is 2.04 bits per heavy atom. The van der Waals surface area contributed by atoms with Crippen LogP contribution >= 0.6 is 0 Å². The van der Waals surface area contributed by atoms with Gasteiger partial charge in [0.25, 0.3) is 0 Å². The van der Waals surface area contributed by atoms with Crippen molar-refractivity contribution >= 4 is 6.03 Å². The van der Waals surface area contributed by atoms with Gasteiger partial charge in [0.2, 0.25) is 0 Å². The first-order valence-electron chi connectivity index (χ1n) is 9.01. The van der Waals surface area contributed by atoms with E-state index in [1.165, 1.54) is 32.1 Å². The molecule has 0 saturated heterocycles. The highest BCUT2D eigenvalue weighted by Gasteiger charge is 2.23. The highest BCUT2D eigenvalue weighted by Crippen LogP contribution is 2.26. The Balaban J connectivity index is 1.54. The lowest BCUT2D eigenvalue weighted by Crippen LogP contribution is -2.44. The lowest BCUT2D eigenvalue weighted by atomic mass is 9.84. The van der Waals surface area contributed by atoms with Crippen LogP contribution in [0, 0.1) is 5.92 Å². The van der Waals surface area contributed by atoms with Crippen molar-refractivity contribution < 1.29 is 9.32 Å². The number of pyridine rings is 1. The summed E-state index contributed by atoms with van der Waals surface area (Å²) >= 11 is 0. The van der Waals surface area contributed by atoms with Gasteiger partial charge in [-0.05, 0) is 37.8 Å². The Bertz CT molecular complexity index is 680. The molecule has 2 aromatic heterocycles. The molecule has 2 heterocycles. The Labute approximate surface area is 148 Å². The minimum absolute atomic E-state index is 0.0695. The fourth-order valence-corrected chi connectivity index (χ4v) is 3.41. The molecule has 6 heteroatoms. The molecule has 1 saturated carbocycles. The molecule has 1 aliphatic rings. The van der Waals surface area contributed by atoms with Gasteiger partial charge >= 0.3 is 6.03 Å². The number of urea groups is 1. The van der Waals surface area contributed by atoms with Crippen LogP contribution in [0.5, 0.6) is 0 Å². The number of amides is 2. The largest absolute Gasteiger partial charge is 0.359 e. The molecule has 0 unspecified atom stereocenters. The van der Waals surface area contributed by atoms with Crippen molar-refractivity contribution in [1.29, 1.82) is 0 Å². The van der Waals surface area contributed by atoms with Crippen LogP contribution in [0.4, 0.5) is 4.79 Å². The van der Waals surface area contributed by atoms with Crippen molar-refractivity contribution in [2.24, 2.45) is 5.92 Å². The summed E-state index contributed by atoms with van der Waals surface area (Å²) in [6.45, 7) is 2.50. The molecular formula is C19H26N4O2. The van der Waals surface area contributed by atoms with Crippen LogP contribution in [-0.4, -0.2) is 34.2 Å². The summed E-state index contributed by atoms with van der Waals surface area (Å²) in [6.07, 6.45) is 9.73. The number of carbonyl (C=O) groups is 1. The monoisotopic (exact) mass is 342 g/mol. The number of hydrogen-bond donors (Lipinski definition) is 1. The standard InChI is InChI=1S/C19H26N4O2/c1-14(15-6-4-3-5-7-15)21-19(24)23(2)13-17-12-18(22-25-17)16-8-10-20-11-9-16/h8-12,14-15H,3-7,13H2,1-2H3,(H,21,24)/t14-/m0/s1. The van der Waals surface area contributed by atoms with Crippen LogP contribution in [0.1, 0.15) is 44.8 Å². The first-order chi connectivity index (χ1) is 12.1. The smallest absolute Gasteiger partial charge is 0.317 e. The van der Waals surface area contributed by atoms with Crippen LogP contribution in [0.2, 0.25) is 0 Å². The van der Waals surface area contributed by atoms with E-state index in [1.807, 2.05) is 18.2 Å². The Kier molecular flexibility index (Phi) is 5.68. The van der Waals surface area contributed by atoms with E-state index >= 15 is 0 Å². The van der Waals surface area contributed by atoms with Crippen molar-refractivity contribution in [3.8, 4) is 11.3 Å². The van der Waals surface area contributed by atoms with Crippen LogP contribution in [0.15, 0.2) is 35.1 Å². The predicted molar refractivity (Wildman–Crippen MR) is 95.8 cm³/mol. The van der Waals surface area contributed by atoms with Crippen LogP contribution in [-0.2, 0) is 6.54 Å². The first kappa shape index (κ1) is 17.5. The zero-order chi connectivity index (χ0) is 17.6. The van der Waals surface area contributed by atoms with E-state index in [1.54, 1.807) is 24.3 Å². The molecule has 6 nitrogen and oxygen atoms in total. The van der Waals surface area contributed by atoms with Crippen molar-refractivity contribution in [2.45, 2.75) is 51.6 Å². The fourth-order valence-electron chi connectivity index (χ4n) is 3.41. The number of hydrogen-bond acceptors (Lipinski definition) is 4. The lowest BCUT2D eigenvalue weighted by molar-refractivity contribution is 0.188. The average Bonchev–Trinajstić information content (AvgIpc) is 3.11. The van der Waals surface area contributed by atoms with Crippen molar-refractivity contribution in [1.82, 2.24) is 20.4 Å². The summed E-state index contributed by atoms with van der Waals surface area (Å²) in [7, 11) is 1.78. The maximum Gasteiger partial charge on any atom is 0.317 e. The van der Waals surface area contributed by atoms with E-state index in [2.05, 4.69) is 22.4 Å². The zero-order valence-corrected chi connectivity index (χ0v) is 14.9. The van der Waals surface area contributed by atoms with Gasteiger partial charge in [-0.15, -0.1) is 0 Å². The highest BCUT2D eigenvalue weighted by molar-refractivity contribution is 5.74. The van der Waals surface area contributed by atoms with Crippen LogP contribution < -0.4 is 5.32 Å². The summed E-state index contributed by atoms with van der Waals surface area (Å²) in [5.74, 6) is 1.25. The second-order valence-electron chi connectivity index (χ2n) is 6.91. The molecule has 134 valence electrons. The Morgan fingerprint density at radius 3 is 2.76 bits per heavy atom. The van der Waals surface area contributed by atoms with Gasteiger partial charge in [-0.1, -0.05) is 24.4 Å². The van der Waals surface area contributed by atoms with Gasteiger partial charge in [-0.25, -0.2) is 4.79 Å². The van der Waals surface area contributed by atoms with E-state index in [-0.39, 0.29) is 12.1 Å². The SMILES string of the molecule is C[C@H](NC(=O)N(C)Cc1cc(-c2ccncc2)no1)C1CCCCC1. The molecule has 1 N–H and O–H groups in total. The Morgan fingerprint density at radius 1 is 1.32 bits per heavy atom. The van der Waals surface area contributed by atoms with Gasteiger partial charge in [0.1, 0.15) is 5.69 Å². The maximum atomic E-state index is 12.4. The number of rotatable bonds is 5.